The summed E-state index contributed by atoms with van der Waals surface area (Å²) < 4.78 is 238. The lowest BCUT2D eigenvalue weighted by Gasteiger charge is -2.44. The Morgan fingerprint density at radius 2 is 0.422 bits per heavy atom. The highest BCUT2D eigenvalue weighted by atomic mass is 28.3. The fourth-order valence-corrected chi connectivity index (χ4v) is 4.75. The lowest BCUT2D eigenvalue weighted by molar-refractivity contribution is 0.452. The van der Waals surface area contributed by atoms with Gasteiger partial charge in [0.1, 0.15) is 52.7 Å². The van der Waals surface area contributed by atoms with Gasteiger partial charge in [-0.1, -0.05) is 0 Å². The van der Waals surface area contributed by atoms with E-state index in [9.17, 15) is 35.1 Å². The molecule has 0 saturated heterocycles. The molecule has 0 spiro atoms. The first kappa shape index (κ1) is 35.5. The smallest absolute Gasteiger partial charge is 0.207 e. The fourth-order valence-electron chi connectivity index (χ4n) is 4.75. The van der Waals surface area contributed by atoms with Crippen LogP contribution in [-0.4, -0.2) is 14.9 Å². The Balaban J connectivity index is 0.00000130. The Hall–Kier alpha value is -3.96. The minimum Gasteiger partial charge on any atom is -0.207 e. The van der Waals surface area contributed by atoms with Crippen LogP contribution in [0.2, 0.25) is 19.6 Å². The van der Waals surface area contributed by atoms with Crippen LogP contribution in [-0.2, 0) is 0 Å². The predicted octanol–water partition coefficient (Wildman–Crippen LogP) is 6.66. The van der Waals surface area contributed by atoms with E-state index in [1.807, 2.05) is 0 Å². The second kappa shape index (κ2) is 12.8. The maximum absolute atomic E-state index is 15.3. The zero-order valence-electron chi connectivity index (χ0n) is 22.4. The first-order chi connectivity index (χ1) is 20.7. The molecule has 4 aromatic carbocycles. The van der Waals surface area contributed by atoms with Crippen LogP contribution in [0.15, 0.2) is 24.3 Å². The Morgan fingerprint density at radius 1 is 0.311 bits per heavy atom. The van der Waals surface area contributed by atoms with Gasteiger partial charge in [0.25, 0.3) is 0 Å². The van der Waals surface area contributed by atoms with Crippen LogP contribution in [0.25, 0.3) is 0 Å². The normalized spacial score (nSPS) is 11.4. The molecule has 0 amide bonds. The summed E-state index contributed by atoms with van der Waals surface area (Å²) in [5.41, 5.74) is -12.0. The molecule has 0 saturated carbocycles. The highest BCUT2D eigenvalue weighted by Gasteiger charge is 2.50. The van der Waals surface area contributed by atoms with Crippen molar-refractivity contribution in [2.45, 2.75) is 19.6 Å². The number of rotatable bonds is 4. The zero-order chi connectivity index (χ0) is 34.5. The first-order valence-corrected chi connectivity index (χ1v) is 15.0. The monoisotopic (exact) mass is 680 g/mol. The van der Waals surface area contributed by atoms with E-state index in [4.69, 9.17) is 0 Å². The van der Waals surface area contributed by atoms with E-state index in [0.29, 0.717) is 0 Å². The minimum atomic E-state index is -6.49. The molecule has 0 N–H and O–H groups in total. The second-order valence-corrected chi connectivity index (χ2v) is 12.9. The highest BCUT2D eigenvalue weighted by Crippen LogP contribution is 2.27. The van der Waals surface area contributed by atoms with Gasteiger partial charge in [0.05, 0.1) is 19.6 Å². The molecule has 0 radical (unpaired) electrons. The fraction of sp³-hybridized carbons (Fsp3) is 0.111. The minimum absolute atomic E-state index is 0.120. The van der Waals surface area contributed by atoms with Crippen molar-refractivity contribution >= 4 is 36.8 Å². The molecular formula is C27H13BF16Si. The predicted molar refractivity (Wildman–Crippen MR) is 133 cm³/mol. The van der Waals surface area contributed by atoms with E-state index in [2.05, 4.69) is 19.6 Å². The largest absolute Gasteiger partial charge is 0.304 e. The molecule has 45 heavy (non-hydrogen) atoms. The maximum atomic E-state index is 15.3. The number of halogens is 16. The van der Waals surface area contributed by atoms with Crippen LogP contribution in [0.5, 0.6) is 0 Å². The average molecular weight is 680 g/mol. The van der Waals surface area contributed by atoms with Gasteiger partial charge in [-0.2, -0.15) is 0 Å². The van der Waals surface area contributed by atoms with Crippen LogP contribution >= 0.6 is 0 Å². The Bertz CT molecular complexity index is 1460. The van der Waals surface area contributed by atoms with E-state index in [1.165, 1.54) is 0 Å². The molecule has 0 fully saturated rings. The summed E-state index contributed by atoms with van der Waals surface area (Å²) >= 11 is 0. The number of benzene rings is 4. The molecule has 0 aliphatic heterocycles. The molecule has 0 atom stereocenters. The quantitative estimate of drug-likeness (QED) is 0.129. The molecule has 4 rings (SSSR count). The van der Waals surface area contributed by atoms with Crippen molar-refractivity contribution in [1.29, 1.82) is 0 Å². The van der Waals surface area contributed by atoms with Crippen molar-refractivity contribution < 1.29 is 70.2 Å². The molecule has 18 heteroatoms. The third-order valence-electron chi connectivity index (χ3n) is 6.32. The molecule has 0 unspecified atom stereocenters. The molecule has 0 heterocycles. The summed E-state index contributed by atoms with van der Waals surface area (Å²) in [6.07, 6.45) is -6.49. The lowest BCUT2D eigenvalue weighted by Crippen LogP contribution is -2.81. The van der Waals surface area contributed by atoms with E-state index in [0.717, 1.165) is 0 Å². The Labute approximate surface area is 244 Å². The van der Waals surface area contributed by atoms with Crippen molar-refractivity contribution in [2.24, 2.45) is 0 Å². The van der Waals surface area contributed by atoms with Gasteiger partial charge in [0, 0.05) is 24.3 Å². The summed E-state index contributed by atoms with van der Waals surface area (Å²) in [7, 11) is 0.120. The third-order valence-corrected chi connectivity index (χ3v) is 6.32. The summed E-state index contributed by atoms with van der Waals surface area (Å²) in [5, 5.41) is 0. The van der Waals surface area contributed by atoms with Gasteiger partial charge < -0.3 is 0 Å². The van der Waals surface area contributed by atoms with Crippen LogP contribution in [0.4, 0.5) is 70.2 Å². The van der Waals surface area contributed by atoms with E-state index >= 15 is 35.1 Å². The van der Waals surface area contributed by atoms with Gasteiger partial charge in [-0.25, -0.2) is 70.2 Å². The van der Waals surface area contributed by atoms with Crippen molar-refractivity contribution in [3.05, 3.63) is 117 Å². The third kappa shape index (κ3) is 5.79. The summed E-state index contributed by atoms with van der Waals surface area (Å²) in [4.78, 5) is 0. The van der Waals surface area contributed by atoms with E-state index in [-0.39, 0.29) is 8.80 Å². The summed E-state index contributed by atoms with van der Waals surface area (Å²) in [5.74, 6) is -46.2. The number of hydrogen-bond donors (Lipinski definition) is 0. The Kier molecular flexibility index (Phi) is 10.1. The second-order valence-electron chi connectivity index (χ2n) is 9.89. The van der Waals surface area contributed by atoms with E-state index in [1.54, 1.807) is 0 Å². The van der Waals surface area contributed by atoms with Gasteiger partial charge in [-0.3, -0.25) is 0 Å². The summed E-state index contributed by atoms with van der Waals surface area (Å²) in [6, 6.07) is -2.76. The molecule has 4 aromatic rings. The molecule has 0 aromatic heterocycles. The first-order valence-electron chi connectivity index (χ1n) is 12.0. The topological polar surface area (TPSA) is 0 Å². The molecule has 240 valence electrons. The number of hydrogen-bond acceptors (Lipinski definition) is 0. The molecule has 0 aliphatic rings. The molecule has 0 bridgehead atoms. The van der Waals surface area contributed by atoms with Crippen molar-refractivity contribution in [3.63, 3.8) is 0 Å². The van der Waals surface area contributed by atoms with Crippen LogP contribution in [0.1, 0.15) is 0 Å². The van der Waals surface area contributed by atoms with Gasteiger partial charge in [-0.15, -0.1) is 21.9 Å². The molecular weight excluding hydrogens is 667 g/mol. The molecule has 0 aliphatic carbocycles. The van der Waals surface area contributed by atoms with Crippen LogP contribution in [0, 0.1) is 93.1 Å². The van der Waals surface area contributed by atoms with Crippen molar-refractivity contribution in [2.75, 3.05) is 0 Å². The Morgan fingerprint density at radius 3 is 0.533 bits per heavy atom. The highest BCUT2D eigenvalue weighted by molar-refractivity contribution is 7.20. The SMILES string of the molecule is C[Si+](C)C.Fc1cc(F)c(F)c([B-](c2c(F)c(F)cc(F)c2F)(c2c(F)c(F)cc(F)c2F)c2c(F)c(F)cc(F)c2F)c1F. The zero-order valence-corrected chi connectivity index (χ0v) is 23.4. The van der Waals surface area contributed by atoms with Gasteiger partial charge in [0.2, 0.25) is 0 Å². The average Bonchev–Trinajstić information content (AvgIpc) is 2.93. The summed E-state index contributed by atoms with van der Waals surface area (Å²) in [6.45, 7) is 6.81. The van der Waals surface area contributed by atoms with Crippen LogP contribution in [0.3, 0.4) is 0 Å². The maximum Gasteiger partial charge on any atom is 0.304 e. The van der Waals surface area contributed by atoms with E-state index < -0.39 is 145 Å². The lowest BCUT2D eigenvalue weighted by atomic mass is 9.12. The molecule has 0 nitrogen and oxygen atoms in total. The van der Waals surface area contributed by atoms with Crippen molar-refractivity contribution in [1.82, 2.24) is 0 Å². The van der Waals surface area contributed by atoms with Gasteiger partial charge in [0.15, 0.2) is 46.5 Å². The van der Waals surface area contributed by atoms with Gasteiger partial charge in [-0.05, 0) is 0 Å². The standard InChI is InChI=1S/C24H4BF16.C3H9Si/c26-5-1-6(27)18(35)13(17(5)34)25(14-19(36)7(28)2-8(29)20(14)37,15-21(38)9(30)3-10(31)22(15)39)16-23(40)11(32)4-12(33)24(16)41;1-4(2)3/h1-4H;1-3H3/q-1;+1. The van der Waals surface area contributed by atoms with Crippen LogP contribution < -0.4 is 21.9 Å². The van der Waals surface area contributed by atoms with Gasteiger partial charge >= 0.3 is 8.80 Å². The van der Waals surface area contributed by atoms with Crippen molar-refractivity contribution in [3.8, 4) is 0 Å².